The highest BCUT2D eigenvalue weighted by Gasteiger charge is 2.17. The molecule has 0 radical (unpaired) electrons. The molecular formula is C22H22FN7O2. The molecule has 164 valence electrons. The average Bonchev–Trinajstić information content (AvgIpc) is 3.32. The van der Waals surface area contributed by atoms with E-state index in [1.165, 1.54) is 16.8 Å². The highest BCUT2D eigenvalue weighted by molar-refractivity contribution is 5.93. The summed E-state index contributed by atoms with van der Waals surface area (Å²) in [5.41, 5.74) is 4.31. The van der Waals surface area contributed by atoms with Crippen LogP contribution in [0.15, 0.2) is 42.5 Å². The number of tetrazole rings is 1. The molecule has 4 rings (SSSR count). The van der Waals surface area contributed by atoms with E-state index in [0.29, 0.717) is 22.9 Å². The molecule has 0 saturated carbocycles. The Morgan fingerprint density at radius 2 is 1.84 bits per heavy atom. The molecular weight excluding hydrogens is 413 g/mol. The molecule has 0 aliphatic carbocycles. The van der Waals surface area contributed by atoms with Gasteiger partial charge in [-0.15, -0.1) is 5.10 Å². The summed E-state index contributed by atoms with van der Waals surface area (Å²) in [5.74, 6) is 0.655. The van der Waals surface area contributed by atoms with Crippen molar-refractivity contribution in [3.63, 3.8) is 0 Å². The molecule has 0 atom stereocenters. The molecule has 0 fully saturated rings. The maximum absolute atomic E-state index is 13.3. The summed E-state index contributed by atoms with van der Waals surface area (Å²) in [5, 5.41) is 19.0. The van der Waals surface area contributed by atoms with Crippen molar-refractivity contribution in [2.45, 2.75) is 27.2 Å². The lowest BCUT2D eigenvalue weighted by atomic mass is 10.1. The Balaban J connectivity index is 1.56. The van der Waals surface area contributed by atoms with Gasteiger partial charge in [0.1, 0.15) is 17.3 Å². The minimum Gasteiger partial charge on any atom is -0.494 e. The smallest absolute Gasteiger partial charge is 0.228 e. The fraction of sp³-hybridized carbons (Fsp3) is 0.227. The number of hydrogen-bond donors (Lipinski definition) is 1. The molecule has 0 unspecified atom stereocenters. The summed E-state index contributed by atoms with van der Waals surface area (Å²) < 4.78 is 21.9. The lowest BCUT2D eigenvalue weighted by molar-refractivity contribution is -0.115. The van der Waals surface area contributed by atoms with Crippen LogP contribution in [0.1, 0.15) is 22.8 Å². The van der Waals surface area contributed by atoms with Crippen LogP contribution < -0.4 is 10.1 Å². The fourth-order valence-electron chi connectivity index (χ4n) is 3.52. The molecule has 0 aliphatic rings. The second-order valence-corrected chi connectivity index (χ2v) is 7.29. The predicted molar refractivity (Wildman–Crippen MR) is 116 cm³/mol. The summed E-state index contributed by atoms with van der Waals surface area (Å²) in [4.78, 5) is 12.8. The highest BCUT2D eigenvalue weighted by atomic mass is 19.1. The number of benzene rings is 2. The first-order valence-electron chi connectivity index (χ1n) is 9.91. The summed E-state index contributed by atoms with van der Waals surface area (Å²) in [7, 11) is 1.56. The van der Waals surface area contributed by atoms with Crippen molar-refractivity contribution in [1.82, 2.24) is 30.0 Å². The Kier molecular flexibility index (Phi) is 5.67. The molecule has 4 aromatic rings. The number of methoxy groups -OCH3 is 1. The van der Waals surface area contributed by atoms with Gasteiger partial charge in [-0.2, -0.15) is 9.78 Å². The van der Waals surface area contributed by atoms with E-state index in [-0.39, 0.29) is 18.1 Å². The SMILES string of the molecule is COc1ccc(NC(=O)Cc2c(C)nn(-c3ccc(F)cc3)c2C)cc1-n1nnnc1C. The van der Waals surface area contributed by atoms with Gasteiger partial charge in [-0.05, 0) is 73.7 Å². The normalized spacial score (nSPS) is 10.9. The maximum Gasteiger partial charge on any atom is 0.228 e. The number of halogens is 1. The van der Waals surface area contributed by atoms with E-state index in [1.54, 1.807) is 49.0 Å². The van der Waals surface area contributed by atoms with Crippen LogP contribution >= 0.6 is 0 Å². The molecule has 0 spiro atoms. The zero-order valence-corrected chi connectivity index (χ0v) is 18.1. The van der Waals surface area contributed by atoms with Gasteiger partial charge in [-0.1, -0.05) is 0 Å². The number of rotatable bonds is 6. The third-order valence-corrected chi connectivity index (χ3v) is 5.17. The monoisotopic (exact) mass is 435 g/mol. The summed E-state index contributed by atoms with van der Waals surface area (Å²) in [6.45, 7) is 5.51. The number of ether oxygens (including phenoxy) is 1. The first kappa shape index (κ1) is 21.2. The Morgan fingerprint density at radius 1 is 1.09 bits per heavy atom. The zero-order chi connectivity index (χ0) is 22.8. The molecule has 1 amide bonds. The van der Waals surface area contributed by atoms with Gasteiger partial charge in [0.05, 0.1) is 24.9 Å². The quantitative estimate of drug-likeness (QED) is 0.500. The van der Waals surface area contributed by atoms with Crippen LogP contribution in [0.3, 0.4) is 0 Å². The molecule has 10 heteroatoms. The van der Waals surface area contributed by atoms with Crippen molar-refractivity contribution in [1.29, 1.82) is 0 Å². The van der Waals surface area contributed by atoms with E-state index in [4.69, 9.17) is 4.74 Å². The Bertz CT molecular complexity index is 1280. The van der Waals surface area contributed by atoms with Crippen LogP contribution in [-0.2, 0) is 11.2 Å². The van der Waals surface area contributed by atoms with Crippen molar-refractivity contribution < 1.29 is 13.9 Å². The van der Waals surface area contributed by atoms with E-state index in [0.717, 1.165) is 22.6 Å². The number of hydrogen-bond acceptors (Lipinski definition) is 6. The Morgan fingerprint density at radius 3 is 2.50 bits per heavy atom. The van der Waals surface area contributed by atoms with Crippen molar-refractivity contribution >= 4 is 11.6 Å². The topological polar surface area (TPSA) is 99.8 Å². The number of aromatic nitrogens is 6. The van der Waals surface area contributed by atoms with E-state index < -0.39 is 0 Å². The van der Waals surface area contributed by atoms with Crippen LogP contribution in [0.4, 0.5) is 10.1 Å². The number of amides is 1. The van der Waals surface area contributed by atoms with Crippen LogP contribution in [0.25, 0.3) is 11.4 Å². The highest BCUT2D eigenvalue weighted by Crippen LogP contribution is 2.27. The third-order valence-electron chi connectivity index (χ3n) is 5.17. The van der Waals surface area contributed by atoms with Gasteiger partial charge in [0, 0.05) is 16.9 Å². The molecule has 0 saturated heterocycles. The largest absolute Gasteiger partial charge is 0.494 e. The van der Waals surface area contributed by atoms with E-state index in [2.05, 4.69) is 25.9 Å². The van der Waals surface area contributed by atoms with Gasteiger partial charge < -0.3 is 10.1 Å². The van der Waals surface area contributed by atoms with Gasteiger partial charge in [-0.3, -0.25) is 4.79 Å². The van der Waals surface area contributed by atoms with Crippen molar-refractivity contribution in [3.05, 3.63) is 71.1 Å². The Hall–Kier alpha value is -4.08. The summed E-state index contributed by atoms with van der Waals surface area (Å²) in [6.07, 6.45) is 0.143. The van der Waals surface area contributed by atoms with Crippen molar-refractivity contribution in [2.75, 3.05) is 12.4 Å². The zero-order valence-electron chi connectivity index (χ0n) is 18.1. The van der Waals surface area contributed by atoms with Crippen LogP contribution in [0, 0.1) is 26.6 Å². The van der Waals surface area contributed by atoms with Gasteiger partial charge in [0.25, 0.3) is 0 Å². The molecule has 9 nitrogen and oxygen atoms in total. The molecule has 2 heterocycles. The van der Waals surface area contributed by atoms with Gasteiger partial charge >= 0.3 is 0 Å². The van der Waals surface area contributed by atoms with Crippen LogP contribution in [0.5, 0.6) is 5.75 Å². The fourth-order valence-corrected chi connectivity index (χ4v) is 3.52. The lowest BCUT2D eigenvalue weighted by Crippen LogP contribution is -2.16. The third kappa shape index (κ3) is 4.07. The second kappa shape index (κ2) is 8.58. The Labute approximate surface area is 183 Å². The minimum atomic E-state index is -0.314. The standard InChI is InChI=1S/C22H22FN7O2/c1-13-19(14(2)29(26-13)18-8-5-16(23)6-9-18)12-22(31)24-17-7-10-21(32-4)20(11-17)30-15(3)25-27-28-30/h5-11H,12H2,1-4H3,(H,24,31). The van der Waals surface area contributed by atoms with E-state index in [9.17, 15) is 9.18 Å². The van der Waals surface area contributed by atoms with Crippen LogP contribution in [-0.4, -0.2) is 43.0 Å². The molecule has 0 bridgehead atoms. The lowest BCUT2D eigenvalue weighted by Gasteiger charge is -2.12. The van der Waals surface area contributed by atoms with Gasteiger partial charge in [0.15, 0.2) is 5.82 Å². The van der Waals surface area contributed by atoms with E-state index in [1.807, 2.05) is 13.8 Å². The van der Waals surface area contributed by atoms with Crippen molar-refractivity contribution in [2.24, 2.45) is 0 Å². The van der Waals surface area contributed by atoms with Gasteiger partial charge in [0.2, 0.25) is 5.91 Å². The number of aryl methyl sites for hydroxylation is 2. The minimum absolute atomic E-state index is 0.143. The van der Waals surface area contributed by atoms with Crippen molar-refractivity contribution in [3.8, 4) is 17.1 Å². The summed E-state index contributed by atoms with van der Waals surface area (Å²) in [6, 6.07) is 11.3. The summed E-state index contributed by atoms with van der Waals surface area (Å²) >= 11 is 0. The first-order chi connectivity index (χ1) is 15.4. The number of anilines is 1. The molecule has 1 N–H and O–H groups in total. The molecule has 0 aliphatic heterocycles. The predicted octanol–water partition coefficient (Wildman–Crippen LogP) is 3.10. The number of carbonyl (C=O) groups excluding carboxylic acids is 1. The van der Waals surface area contributed by atoms with Crippen LogP contribution in [0.2, 0.25) is 0 Å². The first-order valence-corrected chi connectivity index (χ1v) is 9.91. The number of nitrogens with one attached hydrogen (secondary N) is 1. The van der Waals surface area contributed by atoms with Gasteiger partial charge in [-0.25, -0.2) is 9.07 Å². The maximum atomic E-state index is 13.3. The average molecular weight is 435 g/mol. The molecule has 2 aromatic heterocycles. The second-order valence-electron chi connectivity index (χ2n) is 7.29. The van der Waals surface area contributed by atoms with E-state index >= 15 is 0 Å². The molecule has 2 aromatic carbocycles. The molecule has 32 heavy (non-hydrogen) atoms. The number of carbonyl (C=O) groups is 1. The number of nitrogens with zero attached hydrogens (tertiary/aromatic N) is 6.